The summed E-state index contributed by atoms with van der Waals surface area (Å²) in [6.07, 6.45) is -0.163. The Labute approximate surface area is 133 Å². The average molecular weight is 314 g/mol. The topological polar surface area (TPSA) is 87.7 Å². The van der Waals surface area contributed by atoms with Crippen LogP contribution in [0.25, 0.3) is 0 Å². The molecule has 23 heavy (non-hydrogen) atoms. The van der Waals surface area contributed by atoms with Crippen molar-refractivity contribution in [1.29, 1.82) is 0 Å². The zero-order valence-corrected chi connectivity index (χ0v) is 12.8. The maximum Gasteiger partial charge on any atom is 0.255 e. The van der Waals surface area contributed by atoms with Crippen molar-refractivity contribution in [2.24, 2.45) is 0 Å². The lowest BCUT2D eigenvalue weighted by Gasteiger charge is -2.10. The molecule has 0 aromatic heterocycles. The van der Waals surface area contributed by atoms with E-state index in [1.54, 1.807) is 42.5 Å². The maximum absolute atomic E-state index is 12.2. The molecule has 0 aliphatic rings. The van der Waals surface area contributed by atoms with Crippen molar-refractivity contribution in [3.05, 3.63) is 53.6 Å². The van der Waals surface area contributed by atoms with Crippen LogP contribution in [0.4, 0.5) is 5.69 Å². The fourth-order valence-corrected chi connectivity index (χ4v) is 2.05. The Bertz CT molecular complexity index is 709. The van der Waals surface area contributed by atoms with Crippen LogP contribution < -0.4 is 19.9 Å². The number of rotatable bonds is 6. The number of carbonyl (C=O) groups is 2. The minimum Gasteiger partial charge on any atom is -0.550 e. The molecule has 6 heteroatoms. The molecule has 2 aromatic rings. The second-order valence-electron chi connectivity index (χ2n) is 4.77. The van der Waals surface area contributed by atoms with Crippen LogP contribution in [0, 0.1) is 0 Å². The van der Waals surface area contributed by atoms with E-state index < -0.39 is 5.97 Å². The zero-order valence-electron chi connectivity index (χ0n) is 12.8. The van der Waals surface area contributed by atoms with E-state index in [4.69, 9.17) is 9.47 Å². The van der Waals surface area contributed by atoms with E-state index in [1.807, 2.05) is 0 Å². The first-order valence-electron chi connectivity index (χ1n) is 6.85. The highest BCUT2D eigenvalue weighted by Gasteiger charge is 2.11. The van der Waals surface area contributed by atoms with E-state index in [0.29, 0.717) is 28.3 Å². The van der Waals surface area contributed by atoms with Gasteiger partial charge in [0.05, 0.1) is 14.2 Å². The molecule has 0 aliphatic heterocycles. The van der Waals surface area contributed by atoms with Crippen LogP contribution in [0.2, 0.25) is 0 Å². The molecule has 0 radical (unpaired) electrons. The fraction of sp³-hybridized carbons (Fsp3) is 0.176. The van der Waals surface area contributed by atoms with Crippen molar-refractivity contribution < 1.29 is 24.2 Å². The van der Waals surface area contributed by atoms with Gasteiger partial charge in [-0.25, -0.2) is 0 Å². The third-order valence-electron chi connectivity index (χ3n) is 3.21. The van der Waals surface area contributed by atoms with Gasteiger partial charge in [0.25, 0.3) is 5.91 Å². The average Bonchev–Trinajstić information content (AvgIpc) is 2.55. The lowest BCUT2D eigenvalue weighted by Crippen LogP contribution is -2.24. The third-order valence-corrected chi connectivity index (χ3v) is 3.21. The van der Waals surface area contributed by atoms with E-state index in [9.17, 15) is 14.7 Å². The number of ether oxygens (including phenoxy) is 2. The Balaban J connectivity index is 2.11. The molecule has 1 amide bonds. The van der Waals surface area contributed by atoms with Gasteiger partial charge < -0.3 is 24.7 Å². The molecule has 2 rings (SSSR count). The number of carboxylic acid groups (broad SMARTS) is 1. The summed E-state index contributed by atoms with van der Waals surface area (Å²) >= 11 is 0. The molecular weight excluding hydrogens is 298 g/mol. The summed E-state index contributed by atoms with van der Waals surface area (Å²) in [5.41, 5.74) is 1.59. The van der Waals surface area contributed by atoms with Crippen molar-refractivity contribution in [3.8, 4) is 11.5 Å². The second-order valence-corrected chi connectivity index (χ2v) is 4.77. The lowest BCUT2D eigenvalue weighted by molar-refractivity contribution is -0.304. The summed E-state index contributed by atoms with van der Waals surface area (Å²) in [5, 5.41) is 13.3. The molecule has 0 unspecified atom stereocenters. The number of amides is 1. The summed E-state index contributed by atoms with van der Waals surface area (Å²) in [4.78, 5) is 22.8. The number of hydrogen-bond donors (Lipinski definition) is 1. The van der Waals surface area contributed by atoms with E-state index in [0.717, 1.165) is 0 Å². The number of methoxy groups -OCH3 is 2. The van der Waals surface area contributed by atoms with Gasteiger partial charge in [0, 0.05) is 23.6 Å². The highest BCUT2D eigenvalue weighted by atomic mass is 16.5. The maximum atomic E-state index is 12.2. The Kier molecular flexibility index (Phi) is 5.19. The Morgan fingerprint density at radius 1 is 1.00 bits per heavy atom. The fourth-order valence-electron chi connectivity index (χ4n) is 2.05. The standard InChI is InChI=1S/C17H17NO5/c1-22-14-8-5-12(10-15(14)23-2)17(21)18-13-6-3-11(4-7-13)9-16(19)20/h3-8,10H,9H2,1-2H3,(H,18,21)(H,19,20)/p-1. The smallest absolute Gasteiger partial charge is 0.255 e. The van der Waals surface area contributed by atoms with Gasteiger partial charge in [-0.15, -0.1) is 0 Å². The van der Waals surface area contributed by atoms with Gasteiger partial charge in [-0.1, -0.05) is 12.1 Å². The van der Waals surface area contributed by atoms with E-state index >= 15 is 0 Å². The third kappa shape index (κ3) is 4.23. The van der Waals surface area contributed by atoms with Crippen LogP contribution in [0.5, 0.6) is 11.5 Å². The number of nitrogens with one attached hydrogen (secondary N) is 1. The zero-order chi connectivity index (χ0) is 16.8. The van der Waals surface area contributed by atoms with Crippen LogP contribution in [-0.2, 0) is 11.2 Å². The molecule has 0 saturated heterocycles. The predicted molar refractivity (Wildman–Crippen MR) is 82.7 cm³/mol. The predicted octanol–water partition coefficient (Wildman–Crippen LogP) is 1.25. The molecule has 2 aromatic carbocycles. The second kappa shape index (κ2) is 7.31. The highest BCUT2D eigenvalue weighted by molar-refractivity contribution is 6.04. The van der Waals surface area contributed by atoms with Gasteiger partial charge in [-0.3, -0.25) is 4.79 Å². The van der Waals surface area contributed by atoms with E-state index in [2.05, 4.69) is 5.32 Å². The first-order chi connectivity index (χ1) is 11.0. The Morgan fingerprint density at radius 3 is 2.22 bits per heavy atom. The number of anilines is 1. The molecule has 1 N–H and O–H groups in total. The van der Waals surface area contributed by atoms with Gasteiger partial charge in [0.2, 0.25) is 0 Å². The highest BCUT2D eigenvalue weighted by Crippen LogP contribution is 2.27. The largest absolute Gasteiger partial charge is 0.550 e. The van der Waals surface area contributed by atoms with Gasteiger partial charge >= 0.3 is 0 Å². The molecule has 0 spiro atoms. The number of carboxylic acids is 1. The van der Waals surface area contributed by atoms with Gasteiger partial charge in [0.1, 0.15) is 0 Å². The minimum absolute atomic E-state index is 0.163. The van der Waals surface area contributed by atoms with Gasteiger partial charge in [-0.2, -0.15) is 0 Å². The van der Waals surface area contributed by atoms with Crippen molar-refractivity contribution in [2.45, 2.75) is 6.42 Å². The van der Waals surface area contributed by atoms with Gasteiger partial charge in [0.15, 0.2) is 11.5 Å². The molecule has 0 heterocycles. The first-order valence-corrected chi connectivity index (χ1v) is 6.85. The van der Waals surface area contributed by atoms with Crippen LogP contribution >= 0.6 is 0 Å². The molecule has 0 atom stereocenters. The Hall–Kier alpha value is -3.02. The number of carbonyl (C=O) groups excluding carboxylic acids is 2. The summed E-state index contributed by atoms with van der Waals surface area (Å²) < 4.78 is 10.3. The summed E-state index contributed by atoms with van der Waals surface area (Å²) in [7, 11) is 3.02. The van der Waals surface area contributed by atoms with Crippen LogP contribution in [-0.4, -0.2) is 26.1 Å². The molecule has 0 fully saturated rings. The molecular formula is C17H16NO5-. The summed E-state index contributed by atoms with van der Waals surface area (Å²) in [6.45, 7) is 0. The van der Waals surface area contributed by atoms with Crippen molar-refractivity contribution >= 4 is 17.6 Å². The van der Waals surface area contributed by atoms with Crippen molar-refractivity contribution in [2.75, 3.05) is 19.5 Å². The first kappa shape index (κ1) is 16.4. The summed E-state index contributed by atoms with van der Waals surface area (Å²) in [5.74, 6) is -0.453. The van der Waals surface area contributed by atoms with Crippen LogP contribution in [0.3, 0.4) is 0 Å². The molecule has 0 saturated carbocycles. The molecule has 6 nitrogen and oxygen atoms in total. The van der Waals surface area contributed by atoms with Crippen molar-refractivity contribution in [1.82, 2.24) is 0 Å². The normalized spacial score (nSPS) is 10.0. The minimum atomic E-state index is -1.15. The lowest BCUT2D eigenvalue weighted by atomic mass is 10.1. The molecule has 0 aliphatic carbocycles. The van der Waals surface area contributed by atoms with Crippen LogP contribution in [0.15, 0.2) is 42.5 Å². The molecule has 0 bridgehead atoms. The van der Waals surface area contributed by atoms with E-state index in [-0.39, 0.29) is 12.3 Å². The van der Waals surface area contributed by atoms with Crippen molar-refractivity contribution in [3.63, 3.8) is 0 Å². The Morgan fingerprint density at radius 2 is 1.65 bits per heavy atom. The number of hydrogen-bond acceptors (Lipinski definition) is 5. The number of aliphatic carboxylic acids is 1. The SMILES string of the molecule is COc1ccc(C(=O)Nc2ccc(CC(=O)[O-])cc2)cc1OC. The molecule has 120 valence electrons. The van der Waals surface area contributed by atoms with Gasteiger partial charge in [-0.05, 0) is 35.9 Å². The quantitative estimate of drug-likeness (QED) is 0.867. The van der Waals surface area contributed by atoms with E-state index in [1.165, 1.54) is 14.2 Å². The van der Waals surface area contributed by atoms with Crippen LogP contribution in [0.1, 0.15) is 15.9 Å². The monoisotopic (exact) mass is 314 g/mol. The number of benzene rings is 2. The summed E-state index contributed by atoms with van der Waals surface area (Å²) in [6, 6.07) is 11.4.